The van der Waals surface area contributed by atoms with Gasteiger partial charge in [0.2, 0.25) is 0 Å². The molecule has 0 amide bonds. The van der Waals surface area contributed by atoms with E-state index in [1.54, 1.807) is 0 Å². The normalized spacial score (nSPS) is 32.3. The first-order valence-corrected chi connectivity index (χ1v) is 7.54. The molecule has 2 heterocycles. The van der Waals surface area contributed by atoms with E-state index in [-0.39, 0.29) is 6.04 Å². The van der Waals surface area contributed by atoms with Gasteiger partial charge in [0.25, 0.3) is 0 Å². The number of piperidine rings is 1. The van der Waals surface area contributed by atoms with Gasteiger partial charge in [0.1, 0.15) is 0 Å². The molecule has 0 aromatic carbocycles. The number of sulfone groups is 1. The first-order valence-electron chi connectivity index (χ1n) is 5.71. The van der Waals surface area contributed by atoms with Crippen LogP contribution in [0.5, 0.6) is 0 Å². The molecule has 2 aliphatic heterocycles. The van der Waals surface area contributed by atoms with E-state index in [9.17, 15) is 8.42 Å². The predicted molar refractivity (Wildman–Crippen MR) is 60.7 cm³/mol. The van der Waals surface area contributed by atoms with Gasteiger partial charge in [-0.25, -0.2) is 8.42 Å². The fourth-order valence-electron chi connectivity index (χ4n) is 2.61. The molecule has 0 spiro atoms. The summed E-state index contributed by atoms with van der Waals surface area (Å²) in [5.41, 5.74) is 0. The Labute approximate surface area is 91.9 Å². The summed E-state index contributed by atoms with van der Waals surface area (Å²) in [5.74, 6) is 0.750. The van der Waals surface area contributed by atoms with Crippen LogP contribution < -0.4 is 5.32 Å². The van der Waals surface area contributed by atoms with Gasteiger partial charge in [0.05, 0.1) is 11.5 Å². The molecule has 0 bridgehead atoms. The molecular weight excluding hydrogens is 212 g/mol. The zero-order chi connectivity index (χ0) is 10.9. The van der Waals surface area contributed by atoms with Crippen LogP contribution in [0.1, 0.15) is 19.3 Å². The van der Waals surface area contributed by atoms with Crippen LogP contribution >= 0.6 is 0 Å². The van der Waals surface area contributed by atoms with Crippen molar-refractivity contribution >= 4 is 9.84 Å². The number of nitrogens with one attached hydrogen (secondary N) is 1. The van der Waals surface area contributed by atoms with Crippen LogP contribution in [0.3, 0.4) is 0 Å². The zero-order valence-corrected chi connectivity index (χ0v) is 10.1. The number of hydrogen-bond acceptors (Lipinski definition) is 4. The van der Waals surface area contributed by atoms with Gasteiger partial charge in [0.15, 0.2) is 9.84 Å². The van der Waals surface area contributed by atoms with E-state index in [1.807, 2.05) is 0 Å². The third kappa shape index (κ3) is 2.71. The second-order valence-corrected chi connectivity index (χ2v) is 6.93. The quantitative estimate of drug-likeness (QED) is 0.720. The van der Waals surface area contributed by atoms with Crippen molar-refractivity contribution in [3.63, 3.8) is 0 Å². The molecule has 1 N–H and O–H groups in total. The van der Waals surface area contributed by atoms with Gasteiger partial charge in [-0.1, -0.05) is 0 Å². The molecule has 1 unspecified atom stereocenters. The fraction of sp³-hybridized carbons (Fsp3) is 1.00. The summed E-state index contributed by atoms with van der Waals surface area (Å²) in [5, 5.41) is 3.33. The monoisotopic (exact) mass is 232 g/mol. The van der Waals surface area contributed by atoms with E-state index in [4.69, 9.17) is 0 Å². The fourth-order valence-corrected chi connectivity index (χ4v) is 4.39. The lowest BCUT2D eigenvalue weighted by Gasteiger charge is -2.35. The average molecular weight is 232 g/mol. The number of rotatable bonds is 2. The van der Waals surface area contributed by atoms with E-state index < -0.39 is 9.84 Å². The molecule has 0 aromatic heterocycles. The lowest BCUT2D eigenvalue weighted by atomic mass is 10.0. The second-order valence-electron chi connectivity index (χ2n) is 4.70. The first kappa shape index (κ1) is 11.4. The van der Waals surface area contributed by atoms with Crippen molar-refractivity contribution in [1.29, 1.82) is 0 Å². The van der Waals surface area contributed by atoms with E-state index in [1.165, 1.54) is 0 Å². The third-order valence-corrected chi connectivity index (χ3v) is 5.42. The minimum Gasteiger partial charge on any atom is -0.317 e. The van der Waals surface area contributed by atoms with Crippen LogP contribution in [0.4, 0.5) is 0 Å². The van der Waals surface area contributed by atoms with Gasteiger partial charge in [-0.2, -0.15) is 0 Å². The highest BCUT2D eigenvalue weighted by molar-refractivity contribution is 7.91. The molecule has 5 heteroatoms. The standard InChI is InChI=1S/C10H20N2O2S/c1-12(9-2-5-11-6-3-9)10-4-7-15(13,14)8-10/h9-11H,2-8H2,1H3. The molecule has 88 valence electrons. The molecule has 0 aromatic rings. The summed E-state index contributed by atoms with van der Waals surface area (Å²) in [4.78, 5) is 2.30. The smallest absolute Gasteiger partial charge is 0.151 e. The van der Waals surface area contributed by atoms with Crippen LogP contribution in [0.15, 0.2) is 0 Å². The number of hydrogen-bond donors (Lipinski definition) is 1. The van der Waals surface area contributed by atoms with Crippen LogP contribution in [0, 0.1) is 0 Å². The highest BCUT2D eigenvalue weighted by Crippen LogP contribution is 2.21. The minimum absolute atomic E-state index is 0.262. The van der Waals surface area contributed by atoms with Crippen molar-refractivity contribution in [3.8, 4) is 0 Å². The van der Waals surface area contributed by atoms with Gasteiger partial charge in [-0.15, -0.1) is 0 Å². The van der Waals surface area contributed by atoms with Crippen LogP contribution in [0.2, 0.25) is 0 Å². The lowest BCUT2D eigenvalue weighted by Crippen LogP contribution is -2.46. The maximum Gasteiger partial charge on any atom is 0.151 e. The Morgan fingerprint density at radius 2 is 1.80 bits per heavy atom. The molecule has 0 radical (unpaired) electrons. The molecule has 2 rings (SSSR count). The van der Waals surface area contributed by atoms with Crippen molar-refractivity contribution in [2.75, 3.05) is 31.6 Å². The lowest BCUT2D eigenvalue weighted by molar-refractivity contribution is 0.155. The Morgan fingerprint density at radius 1 is 1.13 bits per heavy atom. The van der Waals surface area contributed by atoms with Crippen LogP contribution in [-0.4, -0.2) is 57.0 Å². The Kier molecular flexibility index (Phi) is 3.33. The molecular formula is C10H20N2O2S. The molecule has 2 aliphatic rings. The average Bonchev–Trinajstić information content (AvgIpc) is 2.59. The maximum atomic E-state index is 11.4. The minimum atomic E-state index is -2.74. The summed E-state index contributed by atoms with van der Waals surface area (Å²) >= 11 is 0. The van der Waals surface area contributed by atoms with Crippen molar-refractivity contribution in [2.45, 2.75) is 31.3 Å². The van der Waals surface area contributed by atoms with Gasteiger partial charge >= 0.3 is 0 Å². The highest BCUT2D eigenvalue weighted by Gasteiger charge is 2.33. The molecule has 0 aliphatic carbocycles. The summed E-state index contributed by atoms with van der Waals surface area (Å²) in [7, 11) is -0.652. The summed E-state index contributed by atoms with van der Waals surface area (Å²) in [6.45, 7) is 2.13. The summed E-state index contributed by atoms with van der Waals surface area (Å²) in [6, 6.07) is 0.836. The zero-order valence-electron chi connectivity index (χ0n) is 9.28. The first-order chi connectivity index (χ1) is 7.08. The topological polar surface area (TPSA) is 49.4 Å². The van der Waals surface area contributed by atoms with Gasteiger partial charge in [-0.3, -0.25) is 4.90 Å². The SMILES string of the molecule is CN(C1CCNCC1)C1CCS(=O)(=O)C1. The Balaban J connectivity index is 1.93. The van der Waals surface area contributed by atoms with E-state index >= 15 is 0 Å². The molecule has 2 saturated heterocycles. The van der Waals surface area contributed by atoms with Crippen molar-refractivity contribution in [3.05, 3.63) is 0 Å². The van der Waals surface area contributed by atoms with Gasteiger partial charge in [0, 0.05) is 12.1 Å². The molecule has 0 saturated carbocycles. The predicted octanol–water partition coefficient (Wildman–Crippen LogP) is -0.143. The van der Waals surface area contributed by atoms with Gasteiger partial charge < -0.3 is 5.32 Å². The van der Waals surface area contributed by atoms with Crippen LogP contribution in [-0.2, 0) is 9.84 Å². The molecule has 4 nitrogen and oxygen atoms in total. The van der Waals surface area contributed by atoms with Crippen LogP contribution in [0.25, 0.3) is 0 Å². The van der Waals surface area contributed by atoms with Crippen molar-refractivity contribution in [2.24, 2.45) is 0 Å². The van der Waals surface area contributed by atoms with E-state index in [2.05, 4.69) is 17.3 Å². The van der Waals surface area contributed by atoms with Crippen molar-refractivity contribution < 1.29 is 8.42 Å². The third-order valence-electron chi connectivity index (χ3n) is 3.67. The number of nitrogens with zero attached hydrogens (tertiary/aromatic N) is 1. The molecule has 1 atom stereocenters. The van der Waals surface area contributed by atoms with E-state index in [0.29, 0.717) is 17.5 Å². The van der Waals surface area contributed by atoms with E-state index in [0.717, 1.165) is 32.4 Å². The Morgan fingerprint density at radius 3 is 2.33 bits per heavy atom. The molecule has 15 heavy (non-hydrogen) atoms. The largest absolute Gasteiger partial charge is 0.317 e. The molecule has 2 fully saturated rings. The summed E-state index contributed by atoms with van der Waals surface area (Å²) in [6.07, 6.45) is 3.11. The second kappa shape index (κ2) is 4.39. The van der Waals surface area contributed by atoms with Gasteiger partial charge in [-0.05, 0) is 39.4 Å². The highest BCUT2D eigenvalue weighted by atomic mass is 32.2. The summed E-state index contributed by atoms with van der Waals surface area (Å²) < 4.78 is 22.8. The Hall–Kier alpha value is -0.130. The van der Waals surface area contributed by atoms with Crippen molar-refractivity contribution in [1.82, 2.24) is 10.2 Å². The Bertz CT molecular complexity index is 309. The maximum absolute atomic E-state index is 11.4.